The summed E-state index contributed by atoms with van der Waals surface area (Å²) in [7, 11) is -0.558. The van der Waals surface area contributed by atoms with E-state index in [2.05, 4.69) is 0 Å². The molecular weight excluding hydrogens is 263 g/mol. The van der Waals surface area contributed by atoms with Gasteiger partial charge in [0.2, 0.25) is 14.9 Å². The zero-order chi connectivity index (χ0) is 13.7. The number of rotatable bonds is 5. The first-order valence-corrected chi connectivity index (χ1v) is 7.25. The number of hydrogen-bond acceptors (Lipinski definition) is 4. The van der Waals surface area contributed by atoms with Crippen LogP contribution in [-0.2, 0) is 11.2 Å². The average molecular weight is 282 g/mol. The zero-order valence-corrected chi connectivity index (χ0v) is 11.7. The number of nitrogens with zero attached hydrogens (tertiary/aromatic N) is 1. The van der Waals surface area contributed by atoms with E-state index in [9.17, 15) is 4.79 Å². The Morgan fingerprint density at radius 1 is 1.37 bits per heavy atom. The summed E-state index contributed by atoms with van der Waals surface area (Å²) in [6.07, 6.45) is 2.68. The molecule has 0 spiro atoms. The van der Waals surface area contributed by atoms with Crippen LogP contribution in [0.4, 0.5) is 0 Å². The number of benzene rings is 1. The summed E-state index contributed by atoms with van der Waals surface area (Å²) >= 11 is 0. The Labute approximate surface area is 114 Å². The van der Waals surface area contributed by atoms with Crippen LogP contribution in [0.1, 0.15) is 18.4 Å². The molecule has 2 atom stereocenters. The molecule has 0 bridgehead atoms. The second kappa shape index (κ2) is 6.85. The summed E-state index contributed by atoms with van der Waals surface area (Å²) in [6, 6.07) is 6.79. The second-order valence-corrected chi connectivity index (χ2v) is 5.07. The minimum atomic E-state index is -0.558. The number of hydrogen-bond donors (Lipinski definition) is 2. The summed E-state index contributed by atoms with van der Waals surface area (Å²) in [5.74, 6) is 0.652. The van der Waals surface area contributed by atoms with E-state index in [1.807, 2.05) is 17.0 Å². The van der Waals surface area contributed by atoms with Gasteiger partial charge < -0.3 is 20.1 Å². The smallest absolute Gasteiger partial charge is 0.239 e. The third-order valence-corrected chi connectivity index (χ3v) is 3.60. The van der Waals surface area contributed by atoms with Crippen molar-refractivity contribution in [1.29, 1.82) is 0 Å². The maximum absolute atomic E-state index is 12.1. The van der Waals surface area contributed by atoms with Crippen molar-refractivity contribution in [3.8, 4) is 5.75 Å². The van der Waals surface area contributed by atoms with Gasteiger partial charge in [0.15, 0.2) is 0 Å². The van der Waals surface area contributed by atoms with Crippen LogP contribution in [0.15, 0.2) is 24.3 Å². The third kappa shape index (κ3) is 3.90. The number of amides is 1. The van der Waals surface area contributed by atoms with Crippen molar-refractivity contribution in [2.45, 2.75) is 25.3 Å². The van der Waals surface area contributed by atoms with Gasteiger partial charge in [0, 0.05) is 13.1 Å². The molecule has 0 saturated carbocycles. The predicted molar refractivity (Wildman–Crippen MR) is 75.1 cm³/mol. The Morgan fingerprint density at radius 2 is 2.00 bits per heavy atom. The Balaban J connectivity index is 1.90. The third-order valence-electron chi connectivity index (χ3n) is 3.28. The topological polar surface area (TPSA) is 75.8 Å². The molecule has 1 amide bonds. The van der Waals surface area contributed by atoms with Crippen molar-refractivity contribution < 1.29 is 14.2 Å². The van der Waals surface area contributed by atoms with E-state index in [-0.39, 0.29) is 5.91 Å². The van der Waals surface area contributed by atoms with Gasteiger partial charge in [0.05, 0.1) is 6.04 Å². The first-order chi connectivity index (χ1) is 9.20. The number of carbonyl (C=O) groups excluding carboxylic acids is 1. The zero-order valence-electron chi connectivity index (χ0n) is 10.7. The van der Waals surface area contributed by atoms with Crippen LogP contribution >= 0.6 is 9.03 Å². The molecule has 0 radical (unpaired) electrons. The molecule has 6 heteroatoms. The van der Waals surface area contributed by atoms with Crippen molar-refractivity contribution in [2.24, 2.45) is 5.73 Å². The van der Waals surface area contributed by atoms with Gasteiger partial charge in [-0.25, -0.2) is 0 Å². The van der Waals surface area contributed by atoms with Crippen molar-refractivity contribution in [1.82, 2.24) is 4.90 Å². The van der Waals surface area contributed by atoms with E-state index in [1.54, 1.807) is 12.1 Å². The largest absolute Gasteiger partial charge is 0.450 e. The van der Waals surface area contributed by atoms with E-state index >= 15 is 0 Å². The van der Waals surface area contributed by atoms with Crippen molar-refractivity contribution in [3.05, 3.63) is 29.8 Å². The van der Waals surface area contributed by atoms with E-state index in [4.69, 9.17) is 15.2 Å². The molecule has 0 aliphatic carbocycles. The van der Waals surface area contributed by atoms with Gasteiger partial charge in [-0.1, -0.05) is 12.1 Å². The number of carbonyl (C=O) groups is 1. The Kier molecular flexibility index (Phi) is 5.14. The summed E-state index contributed by atoms with van der Waals surface area (Å²) in [6.45, 7) is 1.66. The van der Waals surface area contributed by atoms with Crippen molar-refractivity contribution >= 4 is 14.9 Å². The molecule has 19 heavy (non-hydrogen) atoms. The molecule has 2 rings (SSSR count). The van der Waals surface area contributed by atoms with Crippen LogP contribution in [0.3, 0.4) is 0 Å². The van der Waals surface area contributed by atoms with Gasteiger partial charge >= 0.3 is 0 Å². The molecule has 1 fully saturated rings. The highest BCUT2D eigenvalue weighted by atomic mass is 31.1. The predicted octanol–water partition coefficient (Wildman–Crippen LogP) is 1.06. The van der Waals surface area contributed by atoms with E-state index in [0.717, 1.165) is 31.5 Å². The molecule has 104 valence electrons. The molecule has 1 aliphatic heterocycles. The average Bonchev–Trinajstić information content (AvgIpc) is 2.94. The Morgan fingerprint density at radius 3 is 2.58 bits per heavy atom. The van der Waals surface area contributed by atoms with E-state index < -0.39 is 15.1 Å². The molecule has 0 aromatic heterocycles. The molecule has 1 aromatic carbocycles. The maximum atomic E-state index is 12.1. The summed E-state index contributed by atoms with van der Waals surface area (Å²) in [5, 5.41) is 0. The molecular formula is C13H19N2O3P. The molecule has 1 aromatic rings. The monoisotopic (exact) mass is 282 g/mol. The lowest BCUT2D eigenvalue weighted by Crippen LogP contribution is -2.43. The fourth-order valence-electron chi connectivity index (χ4n) is 2.26. The lowest BCUT2D eigenvalue weighted by molar-refractivity contribution is -0.131. The first-order valence-electron chi connectivity index (χ1n) is 6.40. The van der Waals surface area contributed by atoms with Gasteiger partial charge in [-0.2, -0.15) is 0 Å². The highest BCUT2D eigenvalue weighted by Crippen LogP contribution is 2.19. The van der Waals surface area contributed by atoms with Gasteiger partial charge in [-0.15, -0.1) is 0 Å². The van der Waals surface area contributed by atoms with Crippen LogP contribution in [-0.4, -0.2) is 34.8 Å². The lowest BCUT2D eigenvalue weighted by Gasteiger charge is -2.20. The van der Waals surface area contributed by atoms with E-state index in [1.165, 1.54) is 0 Å². The normalized spacial score (nSPS) is 17.1. The molecule has 1 unspecified atom stereocenters. The molecule has 5 nitrogen and oxygen atoms in total. The van der Waals surface area contributed by atoms with Crippen LogP contribution in [0.25, 0.3) is 0 Å². The SMILES string of the molecule is N[C@@H](Cc1ccc(OPO)cc1)C(=O)N1CCCC1. The minimum absolute atomic E-state index is 0.0367. The van der Waals surface area contributed by atoms with Gasteiger partial charge in [-0.3, -0.25) is 4.79 Å². The summed E-state index contributed by atoms with van der Waals surface area (Å²) in [5.41, 5.74) is 6.96. The Hall–Kier alpha value is -1.16. The highest BCUT2D eigenvalue weighted by Gasteiger charge is 2.23. The molecule has 1 aliphatic rings. The lowest BCUT2D eigenvalue weighted by atomic mass is 10.1. The standard InChI is InChI=1S/C13H19N2O3P/c14-12(13(16)15-7-1-2-8-15)9-10-3-5-11(6-4-10)18-19-17/h3-6,12,17,19H,1-2,7-9,14H2/t12-/m0/s1. The molecule has 1 saturated heterocycles. The minimum Gasteiger partial charge on any atom is -0.450 e. The fourth-order valence-corrected chi connectivity index (χ4v) is 2.50. The van der Waals surface area contributed by atoms with Gasteiger partial charge in [-0.05, 0) is 37.0 Å². The second-order valence-electron chi connectivity index (χ2n) is 4.68. The van der Waals surface area contributed by atoms with Gasteiger partial charge in [0.1, 0.15) is 5.75 Å². The van der Waals surface area contributed by atoms with E-state index in [0.29, 0.717) is 12.2 Å². The maximum Gasteiger partial charge on any atom is 0.239 e. The number of likely N-dealkylation sites (tertiary alicyclic amines) is 1. The van der Waals surface area contributed by atoms with Gasteiger partial charge in [0.25, 0.3) is 0 Å². The van der Waals surface area contributed by atoms with Crippen molar-refractivity contribution in [3.63, 3.8) is 0 Å². The van der Waals surface area contributed by atoms with Crippen LogP contribution in [0, 0.1) is 0 Å². The fraction of sp³-hybridized carbons (Fsp3) is 0.462. The molecule has 1 heterocycles. The first kappa shape index (κ1) is 14.3. The Bertz CT molecular complexity index is 418. The van der Waals surface area contributed by atoms with Crippen LogP contribution in [0.5, 0.6) is 5.75 Å². The number of nitrogens with two attached hydrogens (primary N) is 1. The van der Waals surface area contributed by atoms with Crippen LogP contribution in [0.2, 0.25) is 0 Å². The van der Waals surface area contributed by atoms with Crippen molar-refractivity contribution in [2.75, 3.05) is 13.1 Å². The highest BCUT2D eigenvalue weighted by molar-refractivity contribution is 7.25. The molecule has 3 N–H and O–H groups in total. The quantitative estimate of drug-likeness (QED) is 0.792. The van der Waals surface area contributed by atoms with Crippen LogP contribution < -0.4 is 10.3 Å². The summed E-state index contributed by atoms with van der Waals surface area (Å²) in [4.78, 5) is 22.6. The summed E-state index contributed by atoms with van der Waals surface area (Å²) < 4.78 is 4.97.